The molecule has 0 radical (unpaired) electrons. The minimum absolute atomic E-state index is 0.0427. The number of methoxy groups -OCH3 is 1. The van der Waals surface area contributed by atoms with Gasteiger partial charge in [0.25, 0.3) is 5.91 Å². The zero-order valence-electron chi connectivity index (χ0n) is 21.4. The SMILES string of the molecule is CCS(=O)(=O)N(CCOC)CC(=O)N(Cc1cccc(F)c1)C1CCN(C(=O)c2ccc(Cl)cc2Cl)CC1. The van der Waals surface area contributed by atoms with Gasteiger partial charge in [-0.2, -0.15) is 4.31 Å². The Bertz CT molecular complexity index is 1240. The van der Waals surface area contributed by atoms with Crippen molar-refractivity contribution >= 4 is 45.0 Å². The van der Waals surface area contributed by atoms with Gasteiger partial charge in [-0.1, -0.05) is 35.3 Å². The largest absolute Gasteiger partial charge is 0.383 e. The molecular weight excluding hydrogens is 556 g/mol. The lowest BCUT2D eigenvalue weighted by Gasteiger charge is -2.39. The molecule has 2 aromatic carbocycles. The Kier molecular flexibility index (Phi) is 10.9. The van der Waals surface area contributed by atoms with Crippen molar-refractivity contribution in [1.82, 2.24) is 14.1 Å². The summed E-state index contributed by atoms with van der Waals surface area (Å²) in [6, 6.07) is 10.4. The van der Waals surface area contributed by atoms with Gasteiger partial charge in [0, 0.05) is 44.4 Å². The highest BCUT2D eigenvalue weighted by Crippen LogP contribution is 2.26. The second-order valence-electron chi connectivity index (χ2n) is 9.03. The summed E-state index contributed by atoms with van der Waals surface area (Å²) in [5, 5.41) is 0.696. The van der Waals surface area contributed by atoms with Gasteiger partial charge in [0.2, 0.25) is 15.9 Å². The summed E-state index contributed by atoms with van der Waals surface area (Å²) in [7, 11) is -2.20. The van der Waals surface area contributed by atoms with Crippen LogP contribution in [0.25, 0.3) is 0 Å². The average Bonchev–Trinajstić information content (AvgIpc) is 2.89. The maximum Gasteiger partial charge on any atom is 0.255 e. The summed E-state index contributed by atoms with van der Waals surface area (Å²) in [5.74, 6) is -1.20. The minimum atomic E-state index is -3.66. The first kappa shape index (κ1) is 30.3. The van der Waals surface area contributed by atoms with E-state index >= 15 is 0 Å². The fourth-order valence-corrected chi connectivity index (χ4v) is 5.91. The number of nitrogens with zero attached hydrogens (tertiary/aromatic N) is 3. The lowest BCUT2D eigenvalue weighted by molar-refractivity contribution is -0.135. The fraction of sp³-hybridized carbons (Fsp3) is 0.462. The molecule has 2 aromatic rings. The normalized spacial score (nSPS) is 14.6. The van der Waals surface area contributed by atoms with E-state index in [9.17, 15) is 22.4 Å². The number of rotatable bonds is 11. The number of hydrogen-bond acceptors (Lipinski definition) is 5. The summed E-state index contributed by atoms with van der Waals surface area (Å²) in [6.45, 7) is 2.21. The maximum atomic E-state index is 13.9. The Morgan fingerprint density at radius 1 is 1.13 bits per heavy atom. The van der Waals surface area contributed by atoms with Crippen molar-refractivity contribution in [2.45, 2.75) is 32.4 Å². The summed E-state index contributed by atoms with van der Waals surface area (Å²) in [4.78, 5) is 29.9. The Morgan fingerprint density at radius 3 is 2.45 bits per heavy atom. The summed E-state index contributed by atoms with van der Waals surface area (Å²) in [6.07, 6.45) is 0.938. The molecule has 0 bridgehead atoms. The molecule has 0 saturated carbocycles. The third kappa shape index (κ3) is 7.89. The molecule has 8 nitrogen and oxygen atoms in total. The van der Waals surface area contributed by atoms with Crippen molar-refractivity contribution in [3.05, 3.63) is 69.5 Å². The lowest BCUT2D eigenvalue weighted by Crippen LogP contribution is -2.51. The molecule has 1 fully saturated rings. The van der Waals surface area contributed by atoms with Gasteiger partial charge in [0.1, 0.15) is 5.82 Å². The van der Waals surface area contributed by atoms with Gasteiger partial charge in [-0.05, 0) is 55.7 Å². The number of sulfonamides is 1. The maximum absolute atomic E-state index is 13.9. The molecule has 38 heavy (non-hydrogen) atoms. The van der Waals surface area contributed by atoms with Crippen LogP contribution in [0.1, 0.15) is 35.7 Å². The Morgan fingerprint density at radius 2 is 1.84 bits per heavy atom. The van der Waals surface area contributed by atoms with E-state index in [-0.39, 0.29) is 49.0 Å². The van der Waals surface area contributed by atoms with Crippen LogP contribution in [-0.4, -0.2) is 86.0 Å². The minimum Gasteiger partial charge on any atom is -0.383 e. The highest BCUT2D eigenvalue weighted by atomic mass is 35.5. The van der Waals surface area contributed by atoms with Crippen LogP contribution in [0.3, 0.4) is 0 Å². The molecule has 3 rings (SSSR count). The molecule has 0 aromatic heterocycles. The van der Waals surface area contributed by atoms with Crippen LogP contribution in [0, 0.1) is 5.82 Å². The first-order valence-corrected chi connectivity index (χ1v) is 14.7. The highest BCUT2D eigenvalue weighted by molar-refractivity contribution is 7.89. The van der Waals surface area contributed by atoms with E-state index in [4.69, 9.17) is 27.9 Å². The quantitative estimate of drug-likeness (QED) is 0.395. The van der Waals surface area contributed by atoms with Gasteiger partial charge >= 0.3 is 0 Å². The van der Waals surface area contributed by atoms with Gasteiger partial charge in [0.15, 0.2) is 0 Å². The van der Waals surface area contributed by atoms with E-state index in [1.165, 1.54) is 32.2 Å². The summed E-state index contributed by atoms with van der Waals surface area (Å²) < 4.78 is 45.3. The van der Waals surface area contributed by atoms with E-state index in [0.29, 0.717) is 42.1 Å². The Labute approximate surface area is 233 Å². The van der Waals surface area contributed by atoms with Crippen molar-refractivity contribution in [2.75, 3.05) is 45.6 Å². The number of carbonyl (C=O) groups excluding carboxylic acids is 2. The van der Waals surface area contributed by atoms with Crippen LogP contribution >= 0.6 is 23.2 Å². The highest BCUT2D eigenvalue weighted by Gasteiger charge is 2.33. The van der Waals surface area contributed by atoms with Crippen LogP contribution in [0.4, 0.5) is 4.39 Å². The van der Waals surface area contributed by atoms with Crippen molar-refractivity contribution in [1.29, 1.82) is 0 Å². The molecule has 1 aliphatic heterocycles. The van der Waals surface area contributed by atoms with E-state index < -0.39 is 21.7 Å². The van der Waals surface area contributed by atoms with E-state index in [1.54, 1.807) is 34.1 Å². The van der Waals surface area contributed by atoms with Gasteiger partial charge in [-0.25, -0.2) is 12.8 Å². The molecule has 12 heteroatoms. The molecule has 0 aliphatic carbocycles. The topological polar surface area (TPSA) is 87.2 Å². The molecule has 1 aliphatic rings. The molecule has 2 amide bonds. The number of likely N-dealkylation sites (tertiary alicyclic amines) is 1. The number of benzene rings is 2. The number of ether oxygens (including phenoxy) is 1. The van der Waals surface area contributed by atoms with Crippen LogP contribution < -0.4 is 0 Å². The smallest absolute Gasteiger partial charge is 0.255 e. The Balaban J connectivity index is 1.78. The second-order valence-corrected chi connectivity index (χ2v) is 12.1. The van der Waals surface area contributed by atoms with Crippen LogP contribution in [0.2, 0.25) is 10.0 Å². The first-order chi connectivity index (χ1) is 18.1. The molecule has 0 spiro atoms. The molecule has 0 unspecified atom stereocenters. The van der Waals surface area contributed by atoms with E-state index in [1.807, 2.05) is 0 Å². The van der Waals surface area contributed by atoms with Crippen LogP contribution in [0.5, 0.6) is 0 Å². The molecular formula is C26H32Cl2FN3O5S. The predicted octanol–water partition coefficient (Wildman–Crippen LogP) is 4.06. The van der Waals surface area contributed by atoms with Gasteiger partial charge in [-0.15, -0.1) is 0 Å². The van der Waals surface area contributed by atoms with Crippen LogP contribution in [-0.2, 0) is 26.1 Å². The third-order valence-electron chi connectivity index (χ3n) is 6.53. The van der Waals surface area contributed by atoms with Crippen molar-refractivity contribution in [2.24, 2.45) is 0 Å². The standard InChI is InChI=1S/C26H32Cl2FN3O5S/c1-3-38(35,36)31(13-14-37-2)18-25(33)32(17-19-5-4-6-21(29)15-19)22-9-11-30(12-10-22)26(34)23-8-7-20(27)16-24(23)28/h4-8,15-16,22H,3,9-14,17-18H2,1-2H3. The molecule has 0 N–H and O–H groups in total. The average molecular weight is 589 g/mol. The van der Waals surface area contributed by atoms with Crippen LogP contribution in [0.15, 0.2) is 42.5 Å². The third-order valence-corrected chi connectivity index (χ3v) is 8.91. The summed E-state index contributed by atoms with van der Waals surface area (Å²) >= 11 is 12.2. The van der Waals surface area contributed by atoms with Crippen molar-refractivity contribution < 1.29 is 27.1 Å². The zero-order chi connectivity index (χ0) is 27.9. The van der Waals surface area contributed by atoms with E-state index in [0.717, 1.165) is 4.31 Å². The monoisotopic (exact) mass is 587 g/mol. The number of piperidine rings is 1. The Hall–Kier alpha value is -2.24. The molecule has 1 saturated heterocycles. The lowest BCUT2D eigenvalue weighted by atomic mass is 10.0. The van der Waals surface area contributed by atoms with Crippen molar-refractivity contribution in [3.63, 3.8) is 0 Å². The zero-order valence-corrected chi connectivity index (χ0v) is 23.7. The molecule has 0 atom stereocenters. The number of carbonyl (C=O) groups is 2. The molecule has 1 heterocycles. The van der Waals surface area contributed by atoms with Gasteiger partial charge in [0.05, 0.1) is 29.5 Å². The second kappa shape index (κ2) is 13.7. The molecule has 208 valence electrons. The number of halogens is 3. The van der Waals surface area contributed by atoms with Gasteiger partial charge < -0.3 is 14.5 Å². The number of hydrogen-bond donors (Lipinski definition) is 0. The predicted molar refractivity (Wildman–Crippen MR) is 145 cm³/mol. The van der Waals surface area contributed by atoms with E-state index in [2.05, 4.69) is 0 Å². The fourth-order valence-electron chi connectivity index (χ4n) is 4.40. The van der Waals surface area contributed by atoms with Gasteiger partial charge in [-0.3, -0.25) is 9.59 Å². The number of amides is 2. The first-order valence-electron chi connectivity index (χ1n) is 12.3. The summed E-state index contributed by atoms with van der Waals surface area (Å²) in [5.41, 5.74) is 0.937. The van der Waals surface area contributed by atoms with Crippen molar-refractivity contribution in [3.8, 4) is 0 Å².